The van der Waals surface area contributed by atoms with Gasteiger partial charge in [0.2, 0.25) is 0 Å². The molecule has 0 aliphatic carbocycles. The number of unbranched alkanes of at least 4 members (excludes halogenated alkanes) is 15. The van der Waals surface area contributed by atoms with Crippen LogP contribution in [-0.4, -0.2) is 43.8 Å². The van der Waals surface area contributed by atoms with Crippen molar-refractivity contribution in [1.29, 1.82) is 0 Å². The van der Waals surface area contributed by atoms with Crippen molar-refractivity contribution in [3.63, 3.8) is 0 Å². The fourth-order valence-electron chi connectivity index (χ4n) is 11.1. The molecular formula is C78H108O9. The lowest BCUT2D eigenvalue weighted by Gasteiger charge is -2.32. The predicted molar refractivity (Wildman–Crippen MR) is 359 cm³/mol. The van der Waals surface area contributed by atoms with E-state index >= 15 is 0 Å². The molecule has 0 amide bonds. The van der Waals surface area contributed by atoms with E-state index in [2.05, 4.69) is 124 Å². The van der Waals surface area contributed by atoms with Gasteiger partial charge in [0.25, 0.3) is 0 Å². The van der Waals surface area contributed by atoms with Crippen LogP contribution in [-0.2, 0) is 47.2 Å². The molecule has 0 spiro atoms. The second kappa shape index (κ2) is 35.8. The number of rotatable bonds is 29. The molecule has 0 aliphatic heterocycles. The first kappa shape index (κ1) is 72.6. The van der Waals surface area contributed by atoms with E-state index in [1.54, 1.807) is 14.2 Å². The van der Waals surface area contributed by atoms with Crippen molar-refractivity contribution >= 4 is 17.9 Å². The zero-order valence-electron chi connectivity index (χ0n) is 56.3. The van der Waals surface area contributed by atoms with Crippen LogP contribution in [0.15, 0.2) is 127 Å². The van der Waals surface area contributed by atoms with E-state index in [0.717, 1.165) is 63.3 Å². The predicted octanol–water partition coefficient (Wildman–Crippen LogP) is 20.3. The highest BCUT2D eigenvalue weighted by Gasteiger charge is 2.32. The molecule has 87 heavy (non-hydrogen) atoms. The zero-order chi connectivity index (χ0) is 64.2. The minimum atomic E-state index is -0.345. The Balaban J connectivity index is 0.000000290. The van der Waals surface area contributed by atoms with Gasteiger partial charge in [0.15, 0.2) is 0 Å². The number of phenols is 1. The van der Waals surface area contributed by atoms with Crippen LogP contribution in [0.5, 0.6) is 28.7 Å². The first-order valence-electron chi connectivity index (χ1n) is 32.2. The molecule has 1 atom stereocenters. The van der Waals surface area contributed by atoms with E-state index in [1.807, 2.05) is 86.6 Å². The van der Waals surface area contributed by atoms with E-state index in [-0.39, 0.29) is 39.6 Å². The lowest BCUT2D eigenvalue weighted by molar-refractivity contribution is -0.143. The lowest BCUT2D eigenvalue weighted by atomic mass is 9.71. The number of aromatic hydroxyl groups is 1. The van der Waals surface area contributed by atoms with Crippen LogP contribution in [0.2, 0.25) is 0 Å². The van der Waals surface area contributed by atoms with Crippen LogP contribution >= 0.6 is 0 Å². The summed E-state index contributed by atoms with van der Waals surface area (Å²) in [5, 5.41) is 10.9. The smallest absolute Gasteiger partial charge is 0.308 e. The third kappa shape index (κ3) is 23.6. The number of aryl methyl sites for hydroxylation is 3. The number of benzene rings is 6. The maximum Gasteiger partial charge on any atom is 0.308 e. The van der Waals surface area contributed by atoms with Crippen LogP contribution in [0.3, 0.4) is 0 Å². The Labute approximate surface area is 525 Å². The van der Waals surface area contributed by atoms with Crippen molar-refractivity contribution in [2.45, 2.75) is 234 Å². The first-order valence-corrected chi connectivity index (χ1v) is 32.2. The summed E-state index contributed by atoms with van der Waals surface area (Å²) in [6, 6.07) is 42.5. The van der Waals surface area contributed by atoms with Crippen LogP contribution in [0.1, 0.15) is 248 Å². The van der Waals surface area contributed by atoms with Crippen molar-refractivity contribution < 1.29 is 43.2 Å². The molecule has 1 N–H and O–H groups in total. The largest absolute Gasteiger partial charge is 0.507 e. The number of ether oxygens (including phenoxy) is 5. The molecule has 9 nitrogen and oxygen atoms in total. The summed E-state index contributed by atoms with van der Waals surface area (Å²) in [4.78, 5) is 34.6. The highest BCUT2D eigenvalue weighted by Crippen LogP contribution is 2.42. The molecule has 1 unspecified atom stereocenters. The minimum absolute atomic E-state index is 0.117. The molecular weight excluding hydrogens is 1080 g/mol. The van der Waals surface area contributed by atoms with Gasteiger partial charge in [-0.1, -0.05) is 250 Å². The molecule has 6 aromatic carbocycles. The third-order valence-electron chi connectivity index (χ3n) is 16.6. The third-order valence-corrected chi connectivity index (χ3v) is 16.6. The van der Waals surface area contributed by atoms with Gasteiger partial charge in [-0.3, -0.25) is 14.4 Å². The molecule has 6 aromatic rings. The first-order chi connectivity index (χ1) is 41.2. The van der Waals surface area contributed by atoms with E-state index in [0.29, 0.717) is 36.7 Å². The van der Waals surface area contributed by atoms with Crippen LogP contribution in [0, 0.1) is 13.8 Å². The van der Waals surface area contributed by atoms with Gasteiger partial charge in [0.05, 0.1) is 20.8 Å². The molecule has 9 heteroatoms. The standard InChI is InChI=1S/C35H62O3.C23H22O3.C20H24O3/c1-8-9-10-11-12-13-14-15-16-17-18-19-20-21-22-23-26-38-32(36)25-24-29-27-30(34(2,3)4)33(37)31(28-29)35(5,6)7;1-17(24)26-22-15-11-20(12-16-22)23(2,18-7-5-4-6-8-18)19-9-13-21(25-3)14-10-19;1-13-11-16(7-9-18(13)22-6)20(4,5)17-8-10-19(14(2)12-17)23-15(3)21/h27-28,37H,8-26H2,1-7H3;4-16H,1-3H3;7-12H,1-6H3. The average molecular weight is 1190 g/mol. The maximum atomic E-state index is 12.3. The lowest BCUT2D eigenvalue weighted by Crippen LogP contribution is -2.25. The summed E-state index contributed by atoms with van der Waals surface area (Å²) in [5.41, 5.74) is 10.1. The summed E-state index contributed by atoms with van der Waals surface area (Å²) >= 11 is 0. The van der Waals surface area contributed by atoms with Gasteiger partial charge >= 0.3 is 17.9 Å². The second-order valence-electron chi connectivity index (χ2n) is 26.3. The Kier molecular flexibility index (Phi) is 29.9. The van der Waals surface area contributed by atoms with Crippen LogP contribution in [0.4, 0.5) is 0 Å². The van der Waals surface area contributed by atoms with Crippen LogP contribution < -0.4 is 18.9 Å². The van der Waals surface area contributed by atoms with Gasteiger partial charge in [-0.15, -0.1) is 0 Å². The van der Waals surface area contributed by atoms with E-state index in [4.69, 9.17) is 23.7 Å². The molecule has 0 aromatic heterocycles. The SMILES string of the molecule is CCCCCCCCCCCCCCCCCCOC(=O)CCc1cc(C(C)(C)C)c(O)c(C(C)(C)C)c1.COc1ccc(C(C)(C)c2ccc(OC(C)=O)c(C)c2)cc1C.COc1ccc(C(C)(c2ccccc2)c2ccc(OC(C)=O)cc2)cc1. The van der Waals surface area contributed by atoms with Gasteiger partial charge in [0.1, 0.15) is 28.7 Å². The highest BCUT2D eigenvalue weighted by molar-refractivity contribution is 5.71. The number of hydrogen-bond acceptors (Lipinski definition) is 9. The molecule has 0 fully saturated rings. The Bertz CT molecular complexity index is 2980. The van der Waals surface area contributed by atoms with Gasteiger partial charge in [0, 0.05) is 31.1 Å². The molecule has 6 rings (SSSR count). The topological polar surface area (TPSA) is 118 Å². The van der Waals surface area contributed by atoms with E-state index in [1.165, 1.54) is 120 Å². The fraction of sp³-hybridized carbons (Fsp3) is 0.500. The molecule has 0 saturated heterocycles. The molecule has 0 saturated carbocycles. The molecule has 474 valence electrons. The number of carbonyl (C=O) groups is 3. The number of esters is 3. The highest BCUT2D eigenvalue weighted by atomic mass is 16.5. The number of methoxy groups -OCH3 is 2. The Morgan fingerprint density at radius 1 is 0.448 bits per heavy atom. The quantitative estimate of drug-likeness (QED) is 0.0212. The normalized spacial score (nSPS) is 12.1. The fourth-order valence-corrected chi connectivity index (χ4v) is 11.1. The number of hydrogen-bond donors (Lipinski definition) is 1. The van der Waals surface area contributed by atoms with Gasteiger partial charge in [-0.05, 0) is 136 Å². The average Bonchev–Trinajstić information content (AvgIpc) is 1.14. The molecule has 0 heterocycles. The van der Waals surface area contributed by atoms with Gasteiger partial charge < -0.3 is 28.8 Å². The Morgan fingerprint density at radius 2 is 0.851 bits per heavy atom. The monoisotopic (exact) mass is 1190 g/mol. The zero-order valence-corrected chi connectivity index (χ0v) is 56.3. The molecule has 0 radical (unpaired) electrons. The summed E-state index contributed by atoms with van der Waals surface area (Å²) in [6.45, 7) is 28.9. The Hall–Kier alpha value is -6.87. The van der Waals surface area contributed by atoms with Crippen LogP contribution in [0.25, 0.3) is 0 Å². The van der Waals surface area contributed by atoms with Crippen molar-refractivity contribution in [2.75, 3.05) is 20.8 Å². The summed E-state index contributed by atoms with van der Waals surface area (Å²) < 4.78 is 26.5. The maximum absolute atomic E-state index is 12.3. The number of carbonyl (C=O) groups excluding carboxylic acids is 3. The van der Waals surface area contributed by atoms with E-state index in [9.17, 15) is 19.5 Å². The van der Waals surface area contributed by atoms with Gasteiger partial charge in [-0.2, -0.15) is 0 Å². The van der Waals surface area contributed by atoms with Gasteiger partial charge in [-0.25, -0.2) is 0 Å². The second-order valence-corrected chi connectivity index (χ2v) is 26.3. The summed E-state index contributed by atoms with van der Waals surface area (Å²) in [6.07, 6.45) is 22.5. The van der Waals surface area contributed by atoms with Crippen molar-refractivity contribution in [1.82, 2.24) is 0 Å². The van der Waals surface area contributed by atoms with Crippen molar-refractivity contribution in [2.24, 2.45) is 0 Å². The summed E-state index contributed by atoms with van der Waals surface area (Å²) in [7, 11) is 3.35. The van der Waals surface area contributed by atoms with Crippen molar-refractivity contribution in [3.8, 4) is 28.7 Å². The van der Waals surface area contributed by atoms with Crippen molar-refractivity contribution in [3.05, 3.63) is 183 Å². The summed E-state index contributed by atoms with van der Waals surface area (Å²) in [5.74, 6) is 2.53. The van der Waals surface area contributed by atoms with E-state index < -0.39 is 0 Å². The molecule has 0 aliphatic rings. The minimum Gasteiger partial charge on any atom is -0.507 e. The Morgan fingerprint density at radius 3 is 1.25 bits per heavy atom. The molecule has 0 bridgehead atoms. The number of phenolic OH excluding ortho intramolecular Hbond substituents is 1.